The third kappa shape index (κ3) is 5.60. The zero-order chi connectivity index (χ0) is 26.9. The molecule has 13 heteroatoms. The molecular formula is C25H24ClN5O4S3. The van der Waals surface area contributed by atoms with Crippen molar-refractivity contribution in [3.8, 4) is 0 Å². The van der Waals surface area contributed by atoms with E-state index in [9.17, 15) is 18.7 Å². The Labute approximate surface area is 235 Å². The molecule has 1 aromatic heterocycles. The lowest BCUT2D eigenvalue weighted by Gasteiger charge is -2.33. The van der Waals surface area contributed by atoms with E-state index in [0.29, 0.717) is 22.6 Å². The lowest BCUT2D eigenvalue weighted by atomic mass is 9.95. The Hall–Kier alpha value is -2.87. The van der Waals surface area contributed by atoms with Crippen LogP contribution < -0.4 is 21.5 Å². The molecule has 5 rings (SSSR count). The van der Waals surface area contributed by atoms with Gasteiger partial charge in [0.1, 0.15) is 0 Å². The van der Waals surface area contributed by atoms with E-state index in [4.69, 9.17) is 23.8 Å². The first-order valence-electron chi connectivity index (χ1n) is 11.6. The van der Waals surface area contributed by atoms with Crippen LogP contribution in [0.5, 0.6) is 0 Å². The molecule has 0 radical (unpaired) electrons. The number of anilines is 1. The van der Waals surface area contributed by atoms with Gasteiger partial charge in [0.15, 0.2) is 10.9 Å². The van der Waals surface area contributed by atoms with E-state index >= 15 is 0 Å². The predicted molar refractivity (Wildman–Crippen MR) is 155 cm³/mol. The summed E-state index contributed by atoms with van der Waals surface area (Å²) in [5.41, 5.74) is 8.35. The summed E-state index contributed by atoms with van der Waals surface area (Å²) in [6, 6.07) is 15.3. The zero-order valence-electron chi connectivity index (χ0n) is 19.8. The SMILES string of the molecule is O=C(N[C@@H]1CCSC1=O)c1cnc(NNC(=S)NC2c3ccccc3CS(O)(O)c3ccccc32)c(Cl)c1. The molecule has 2 aromatic carbocycles. The Morgan fingerprint density at radius 1 is 1.11 bits per heavy atom. The van der Waals surface area contributed by atoms with Crippen LogP contribution in [0.1, 0.15) is 39.5 Å². The Bertz CT molecular complexity index is 1420. The number of carbonyl (C=O) groups excluding carboxylic acids is 2. The van der Waals surface area contributed by atoms with Gasteiger partial charge in [0.25, 0.3) is 5.91 Å². The summed E-state index contributed by atoms with van der Waals surface area (Å²) >= 11 is 13.1. The summed E-state index contributed by atoms with van der Waals surface area (Å²) in [5, 5.41) is 6.30. The number of hydrogen-bond acceptors (Lipinski definition) is 8. The molecule has 3 aromatic rings. The first-order valence-corrected chi connectivity index (χ1v) is 15.1. The summed E-state index contributed by atoms with van der Waals surface area (Å²) in [7, 11) is -3.04. The van der Waals surface area contributed by atoms with Gasteiger partial charge in [0.05, 0.1) is 33.3 Å². The molecule has 2 atom stereocenters. The number of thiocarbonyl (C=S) groups is 1. The van der Waals surface area contributed by atoms with Gasteiger partial charge < -0.3 is 10.6 Å². The van der Waals surface area contributed by atoms with Crippen molar-refractivity contribution >= 4 is 68.1 Å². The number of nitrogens with one attached hydrogen (secondary N) is 4. The third-order valence-corrected chi connectivity index (χ3v) is 9.53. The van der Waals surface area contributed by atoms with Crippen molar-refractivity contribution in [2.45, 2.75) is 29.2 Å². The smallest absolute Gasteiger partial charge is 0.253 e. The number of amides is 1. The highest BCUT2D eigenvalue weighted by molar-refractivity contribution is 8.23. The molecule has 0 saturated carbocycles. The van der Waals surface area contributed by atoms with E-state index in [1.165, 1.54) is 24.0 Å². The van der Waals surface area contributed by atoms with Gasteiger partial charge in [0.2, 0.25) is 5.12 Å². The molecule has 0 bridgehead atoms. The lowest BCUT2D eigenvalue weighted by molar-refractivity contribution is -0.112. The lowest BCUT2D eigenvalue weighted by Crippen LogP contribution is -2.41. The molecule has 0 spiro atoms. The number of hydrogen-bond donors (Lipinski definition) is 6. The number of nitrogens with zero attached hydrogens (tertiary/aromatic N) is 1. The molecule has 9 nitrogen and oxygen atoms in total. The average Bonchev–Trinajstić information content (AvgIpc) is 3.26. The second kappa shape index (κ2) is 11.1. The summed E-state index contributed by atoms with van der Waals surface area (Å²) in [5.74, 6) is 0.624. The van der Waals surface area contributed by atoms with Crippen LogP contribution in [-0.4, -0.2) is 42.0 Å². The van der Waals surface area contributed by atoms with Gasteiger partial charge in [-0.05, 0) is 41.9 Å². The molecule has 1 saturated heterocycles. The average molecular weight is 590 g/mol. The van der Waals surface area contributed by atoms with E-state index in [2.05, 4.69) is 26.5 Å². The van der Waals surface area contributed by atoms with Crippen LogP contribution in [-0.2, 0) is 10.5 Å². The minimum absolute atomic E-state index is 0.0510. The van der Waals surface area contributed by atoms with Crippen molar-refractivity contribution < 1.29 is 18.7 Å². The second-order valence-electron chi connectivity index (χ2n) is 8.74. The molecular weight excluding hydrogens is 566 g/mol. The fraction of sp³-hybridized carbons (Fsp3) is 0.200. The van der Waals surface area contributed by atoms with E-state index in [-0.39, 0.29) is 32.4 Å². The number of hydrazine groups is 1. The van der Waals surface area contributed by atoms with Crippen LogP contribution in [0.15, 0.2) is 65.7 Å². The minimum atomic E-state index is -3.04. The van der Waals surface area contributed by atoms with E-state index in [1.54, 1.807) is 12.1 Å². The minimum Gasteiger partial charge on any atom is -0.350 e. The van der Waals surface area contributed by atoms with Crippen molar-refractivity contribution in [1.29, 1.82) is 0 Å². The molecule has 38 heavy (non-hydrogen) atoms. The molecule has 6 N–H and O–H groups in total. The molecule has 2 aliphatic rings. The number of benzene rings is 2. The van der Waals surface area contributed by atoms with Gasteiger partial charge in [-0.25, -0.2) is 4.98 Å². The second-order valence-corrected chi connectivity index (χ2v) is 12.7. The Kier molecular flexibility index (Phi) is 7.80. The van der Waals surface area contributed by atoms with Crippen molar-refractivity contribution in [1.82, 2.24) is 21.0 Å². The van der Waals surface area contributed by atoms with Crippen LogP contribution in [0.4, 0.5) is 5.82 Å². The predicted octanol–water partition coefficient (Wildman–Crippen LogP) is 4.70. The molecule has 3 heterocycles. The van der Waals surface area contributed by atoms with E-state index < -0.39 is 28.6 Å². The molecule has 2 aliphatic heterocycles. The number of rotatable bonds is 5. The number of fused-ring (bicyclic) bond motifs is 2. The van der Waals surface area contributed by atoms with Crippen LogP contribution in [0.25, 0.3) is 0 Å². The Balaban J connectivity index is 1.29. The fourth-order valence-corrected chi connectivity index (χ4v) is 7.41. The van der Waals surface area contributed by atoms with Crippen molar-refractivity contribution in [3.05, 3.63) is 88.1 Å². The Morgan fingerprint density at radius 3 is 2.58 bits per heavy atom. The standard InChI is InChI=1S/C25H24ClN5O4S3/c26-18-11-15(23(32)28-19-9-10-37-24(19)33)12-27-22(18)30-31-25(36)29-21-16-6-2-1-5-14(16)13-38(34,35)20-8-4-3-7-17(20)21/h1-8,11-12,19,21,34-35H,9-10,13H2,(H,27,30)(H,28,32)(H2,29,31,36)/t19-,21?/m1/s1. The summed E-state index contributed by atoms with van der Waals surface area (Å²) in [6.07, 6.45) is 1.95. The molecule has 1 unspecified atom stereocenters. The van der Waals surface area contributed by atoms with Crippen molar-refractivity contribution in [3.63, 3.8) is 0 Å². The monoisotopic (exact) mass is 589 g/mol. The van der Waals surface area contributed by atoms with Crippen LogP contribution in [0.2, 0.25) is 5.02 Å². The van der Waals surface area contributed by atoms with E-state index in [0.717, 1.165) is 11.1 Å². The summed E-state index contributed by atoms with van der Waals surface area (Å²) in [4.78, 5) is 29.0. The van der Waals surface area contributed by atoms with Gasteiger partial charge in [-0.15, -0.1) is 0 Å². The highest BCUT2D eigenvalue weighted by Crippen LogP contribution is 2.56. The molecule has 1 fully saturated rings. The van der Waals surface area contributed by atoms with Gasteiger partial charge >= 0.3 is 0 Å². The maximum absolute atomic E-state index is 12.5. The van der Waals surface area contributed by atoms with Gasteiger partial charge in [0, 0.05) is 17.5 Å². The largest absolute Gasteiger partial charge is 0.350 e. The third-order valence-electron chi connectivity index (χ3n) is 6.22. The summed E-state index contributed by atoms with van der Waals surface area (Å²) in [6.45, 7) is 0. The first kappa shape index (κ1) is 26.7. The fourth-order valence-electron chi connectivity index (χ4n) is 4.39. The van der Waals surface area contributed by atoms with Gasteiger partial charge in [-0.2, -0.15) is 10.6 Å². The normalized spacial score (nSPS) is 20.3. The van der Waals surface area contributed by atoms with Crippen LogP contribution in [0.3, 0.4) is 0 Å². The summed E-state index contributed by atoms with van der Waals surface area (Å²) < 4.78 is 21.8. The van der Waals surface area contributed by atoms with E-state index in [1.807, 2.05) is 36.4 Å². The number of thioether (sulfide) groups is 1. The van der Waals surface area contributed by atoms with Crippen LogP contribution >= 0.6 is 46.2 Å². The maximum atomic E-state index is 12.5. The Morgan fingerprint density at radius 2 is 1.84 bits per heavy atom. The maximum Gasteiger partial charge on any atom is 0.253 e. The van der Waals surface area contributed by atoms with Crippen molar-refractivity contribution in [2.75, 3.05) is 11.2 Å². The number of carbonyl (C=O) groups is 2. The number of pyridine rings is 1. The topological polar surface area (TPSA) is 136 Å². The molecule has 198 valence electrons. The number of halogens is 1. The highest BCUT2D eigenvalue weighted by atomic mass is 35.5. The quantitative estimate of drug-likeness (QED) is 0.184. The highest BCUT2D eigenvalue weighted by Gasteiger charge is 2.32. The number of aromatic nitrogens is 1. The zero-order valence-corrected chi connectivity index (χ0v) is 23.0. The van der Waals surface area contributed by atoms with Gasteiger partial charge in [-0.3, -0.25) is 29.5 Å². The van der Waals surface area contributed by atoms with Gasteiger partial charge in [-0.1, -0.05) is 65.8 Å². The molecule has 1 amide bonds. The van der Waals surface area contributed by atoms with Crippen LogP contribution in [0, 0.1) is 0 Å². The van der Waals surface area contributed by atoms with Crippen molar-refractivity contribution in [2.24, 2.45) is 0 Å². The molecule has 0 aliphatic carbocycles. The first-order chi connectivity index (χ1) is 18.2.